The van der Waals surface area contributed by atoms with Gasteiger partial charge in [0.15, 0.2) is 0 Å². The highest BCUT2D eigenvalue weighted by atomic mass is 16.6. The molecule has 0 atom stereocenters. The van der Waals surface area contributed by atoms with E-state index >= 15 is 0 Å². The second-order valence-corrected chi connectivity index (χ2v) is 5.42. The molecular weight excluding hydrogens is 254 g/mol. The van der Waals surface area contributed by atoms with Gasteiger partial charge in [0.2, 0.25) is 0 Å². The predicted octanol–water partition coefficient (Wildman–Crippen LogP) is 2.67. The summed E-state index contributed by atoms with van der Waals surface area (Å²) in [6.45, 7) is 1.14. The summed E-state index contributed by atoms with van der Waals surface area (Å²) in [6, 6.07) is 1.78. The molecule has 2 rings (SSSR count). The first-order valence-corrected chi connectivity index (χ1v) is 7.39. The average molecular weight is 277 g/mol. The van der Waals surface area contributed by atoms with Crippen molar-refractivity contribution in [3.05, 3.63) is 24.3 Å². The summed E-state index contributed by atoms with van der Waals surface area (Å²) >= 11 is 0. The highest BCUT2D eigenvalue weighted by molar-refractivity contribution is 5.67. The Hall–Kier alpha value is -1.65. The summed E-state index contributed by atoms with van der Waals surface area (Å²) in [5.41, 5.74) is 0. The molecule has 1 saturated carbocycles. The van der Waals surface area contributed by atoms with Gasteiger partial charge in [0.1, 0.15) is 5.82 Å². The van der Waals surface area contributed by atoms with Gasteiger partial charge >= 0.3 is 6.09 Å². The number of aromatic nitrogens is 2. The van der Waals surface area contributed by atoms with Crippen LogP contribution >= 0.6 is 0 Å². The Morgan fingerprint density at radius 2 is 2.00 bits per heavy atom. The van der Waals surface area contributed by atoms with E-state index in [-0.39, 0.29) is 6.09 Å². The molecule has 0 spiro atoms. The summed E-state index contributed by atoms with van der Waals surface area (Å²) in [5, 5.41) is 0. The van der Waals surface area contributed by atoms with Gasteiger partial charge in [-0.2, -0.15) is 0 Å². The molecule has 5 heteroatoms. The molecular formula is C15H23N3O2. The number of hydrogen-bond acceptors (Lipinski definition) is 4. The maximum atomic E-state index is 11.9. The molecule has 5 nitrogen and oxygen atoms in total. The summed E-state index contributed by atoms with van der Waals surface area (Å²) in [6.07, 6.45) is 10.1. The molecule has 20 heavy (non-hydrogen) atoms. The summed E-state index contributed by atoms with van der Waals surface area (Å²) in [5.74, 6) is 1.30. The van der Waals surface area contributed by atoms with Crippen LogP contribution in [0.25, 0.3) is 0 Å². The van der Waals surface area contributed by atoms with E-state index in [1.807, 2.05) is 0 Å². The third-order valence-electron chi connectivity index (χ3n) is 3.77. The zero-order valence-electron chi connectivity index (χ0n) is 12.1. The lowest BCUT2D eigenvalue weighted by molar-refractivity contribution is 0.0874. The van der Waals surface area contributed by atoms with E-state index in [0.29, 0.717) is 25.5 Å². The molecule has 1 heterocycles. The first-order chi connectivity index (χ1) is 9.75. The second kappa shape index (κ2) is 7.82. The van der Waals surface area contributed by atoms with E-state index in [1.165, 1.54) is 32.1 Å². The molecule has 0 unspecified atom stereocenters. The van der Waals surface area contributed by atoms with Crippen molar-refractivity contribution in [3.63, 3.8) is 0 Å². The Balaban J connectivity index is 1.66. The maximum Gasteiger partial charge on any atom is 0.409 e. The number of rotatable bonds is 5. The second-order valence-electron chi connectivity index (χ2n) is 5.42. The standard InChI is InChI=1S/C15H23N3O2/c1-18(11-8-14-16-9-5-10-17-14)15(19)20-12-13-6-3-2-4-7-13/h5,9-10,13H,2-4,6-8,11-12H2,1H3. The molecule has 0 radical (unpaired) electrons. The molecule has 1 aliphatic carbocycles. The molecule has 110 valence electrons. The van der Waals surface area contributed by atoms with E-state index in [0.717, 1.165) is 5.82 Å². The van der Waals surface area contributed by atoms with Gasteiger partial charge in [0, 0.05) is 32.4 Å². The van der Waals surface area contributed by atoms with Crippen LogP contribution in [0.1, 0.15) is 37.9 Å². The molecule has 0 N–H and O–H groups in total. The third kappa shape index (κ3) is 4.79. The SMILES string of the molecule is CN(CCc1ncccn1)C(=O)OCC1CCCCC1. The van der Waals surface area contributed by atoms with E-state index < -0.39 is 0 Å². The Bertz CT molecular complexity index is 405. The van der Waals surface area contributed by atoms with Gasteiger partial charge in [0.25, 0.3) is 0 Å². The van der Waals surface area contributed by atoms with Crippen LogP contribution in [0.15, 0.2) is 18.5 Å². The average Bonchev–Trinajstić information content (AvgIpc) is 2.52. The minimum Gasteiger partial charge on any atom is -0.449 e. The normalized spacial score (nSPS) is 15.8. The maximum absolute atomic E-state index is 11.9. The van der Waals surface area contributed by atoms with Crippen molar-refractivity contribution in [2.24, 2.45) is 5.92 Å². The van der Waals surface area contributed by atoms with Gasteiger partial charge in [-0.15, -0.1) is 0 Å². The third-order valence-corrected chi connectivity index (χ3v) is 3.77. The monoisotopic (exact) mass is 277 g/mol. The van der Waals surface area contributed by atoms with E-state index in [2.05, 4.69) is 9.97 Å². The van der Waals surface area contributed by atoms with Crippen molar-refractivity contribution >= 4 is 6.09 Å². The molecule has 0 aromatic carbocycles. The van der Waals surface area contributed by atoms with Crippen molar-refractivity contribution in [3.8, 4) is 0 Å². The lowest BCUT2D eigenvalue weighted by atomic mass is 9.90. The predicted molar refractivity (Wildman–Crippen MR) is 76.3 cm³/mol. The molecule has 1 fully saturated rings. The van der Waals surface area contributed by atoms with Gasteiger partial charge in [-0.1, -0.05) is 19.3 Å². The fourth-order valence-corrected chi connectivity index (χ4v) is 2.47. The van der Waals surface area contributed by atoms with Crippen molar-refractivity contribution < 1.29 is 9.53 Å². The summed E-state index contributed by atoms with van der Waals surface area (Å²) in [7, 11) is 1.76. The quantitative estimate of drug-likeness (QED) is 0.830. The van der Waals surface area contributed by atoms with Gasteiger partial charge in [-0.25, -0.2) is 14.8 Å². The van der Waals surface area contributed by atoms with Crippen LogP contribution < -0.4 is 0 Å². The molecule has 1 aliphatic rings. The highest BCUT2D eigenvalue weighted by Gasteiger charge is 2.17. The number of ether oxygens (including phenoxy) is 1. The van der Waals surface area contributed by atoms with Crippen LogP contribution in [0, 0.1) is 5.92 Å². The van der Waals surface area contributed by atoms with Crippen molar-refractivity contribution in [1.82, 2.24) is 14.9 Å². The zero-order valence-corrected chi connectivity index (χ0v) is 12.1. The molecule has 0 saturated heterocycles. The van der Waals surface area contributed by atoms with Gasteiger partial charge < -0.3 is 9.64 Å². The van der Waals surface area contributed by atoms with Crippen LogP contribution in [0.5, 0.6) is 0 Å². The smallest absolute Gasteiger partial charge is 0.409 e. The van der Waals surface area contributed by atoms with Crippen LogP contribution in [0.2, 0.25) is 0 Å². The molecule has 1 amide bonds. The number of carbonyl (C=O) groups excluding carboxylic acids is 1. The van der Waals surface area contributed by atoms with Crippen LogP contribution in [-0.2, 0) is 11.2 Å². The number of likely N-dealkylation sites (N-methyl/N-ethyl adjacent to an activating group) is 1. The minimum atomic E-state index is -0.244. The first-order valence-electron chi connectivity index (χ1n) is 7.39. The van der Waals surface area contributed by atoms with Crippen molar-refractivity contribution in [1.29, 1.82) is 0 Å². The Labute approximate surface area is 120 Å². The summed E-state index contributed by atoms with van der Waals surface area (Å²) < 4.78 is 5.38. The van der Waals surface area contributed by atoms with Crippen molar-refractivity contribution in [2.75, 3.05) is 20.2 Å². The number of amides is 1. The molecule has 1 aromatic rings. The Morgan fingerprint density at radius 3 is 2.70 bits per heavy atom. The zero-order chi connectivity index (χ0) is 14.2. The summed E-state index contributed by atoms with van der Waals surface area (Å²) in [4.78, 5) is 21.7. The van der Waals surface area contributed by atoms with Gasteiger partial charge in [-0.05, 0) is 24.8 Å². The Morgan fingerprint density at radius 1 is 1.30 bits per heavy atom. The van der Waals surface area contributed by atoms with E-state index in [1.54, 1.807) is 30.4 Å². The number of hydrogen-bond donors (Lipinski definition) is 0. The molecule has 0 bridgehead atoms. The van der Waals surface area contributed by atoms with Crippen molar-refractivity contribution in [2.45, 2.75) is 38.5 Å². The van der Waals surface area contributed by atoms with Crippen LogP contribution in [0.3, 0.4) is 0 Å². The van der Waals surface area contributed by atoms with Crippen LogP contribution in [-0.4, -0.2) is 41.2 Å². The molecule has 0 aliphatic heterocycles. The van der Waals surface area contributed by atoms with Gasteiger partial charge in [-0.3, -0.25) is 0 Å². The van der Waals surface area contributed by atoms with Gasteiger partial charge in [0.05, 0.1) is 6.61 Å². The minimum absolute atomic E-state index is 0.244. The lowest BCUT2D eigenvalue weighted by Crippen LogP contribution is -2.31. The fourth-order valence-electron chi connectivity index (χ4n) is 2.47. The number of nitrogens with zero attached hydrogens (tertiary/aromatic N) is 3. The highest BCUT2D eigenvalue weighted by Crippen LogP contribution is 2.23. The fraction of sp³-hybridized carbons (Fsp3) is 0.667. The van der Waals surface area contributed by atoms with Crippen LogP contribution in [0.4, 0.5) is 4.79 Å². The lowest BCUT2D eigenvalue weighted by Gasteiger charge is -2.23. The van der Waals surface area contributed by atoms with E-state index in [9.17, 15) is 4.79 Å². The Kier molecular flexibility index (Phi) is 5.77. The molecule has 1 aromatic heterocycles. The number of carbonyl (C=O) groups is 1. The topological polar surface area (TPSA) is 55.3 Å². The van der Waals surface area contributed by atoms with E-state index in [4.69, 9.17) is 4.74 Å². The largest absolute Gasteiger partial charge is 0.449 e. The first kappa shape index (κ1) is 14.8.